The highest BCUT2D eigenvalue weighted by atomic mass is 16.6. The van der Waals surface area contributed by atoms with Crippen molar-refractivity contribution in [2.45, 2.75) is 6.92 Å². The first-order valence-corrected chi connectivity index (χ1v) is 9.79. The van der Waals surface area contributed by atoms with Crippen molar-refractivity contribution in [3.8, 4) is 16.9 Å². The van der Waals surface area contributed by atoms with E-state index in [1.54, 1.807) is 29.8 Å². The summed E-state index contributed by atoms with van der Waals surface area (Å²) in [4.78, 5) is 40.8. The van der Waals surface area contributed by atoms with Gasteiger partial charge >= 0.3 is 5.69 Å². The van der Waals surface area contributed by atoms with Crippen molar-refractivity contribution in [1.82, 2.24) is 23.1 Å². The quantitative estimate of drug-likeness (QED) is 0.323. The van der Waals surface area contributed by atoms with Gasteiger partial charge in [0.05, 0.1) is 10.6 Å². The second-order valence-corrected chi connectivity index (χ2v) is 7.65. The van der Waals surface area contributed by atoms with Crippen LogP contribution in [0.15, 0.2) is 64.3 Å². The third kappa shape index (κ3) is 2.69. The van der Waals surface area contributed by atoms with E-state index in [1.807, 2.05) is 35.8 Å². The molecular weight excluding hydrogens is 412 g/mol. The number of aromatic nitrogens is 5. The predicted octanol–water partition coefficient (Wildman–Crippen LogP) is 2.56. The molecule has 3 heterocycles. The van der Waals surface area contributed by atoms with E-state index < -0.39 is 16.2 Å². The van der Waals surface area contributed by atoms with Gasteiger partial charge in [-0.05, 0) is 19.1 Å². The third-order valence-corrected chi connectivity index (χ3v) is 5.61. The summed E-state index contributed by atoms with van der Waals surface area (Å²) >= 11 is 0. The molecule has 0 atom stereocenters. The van der Waals surface area contributed by atoms with Crippen LogP contribution in [0.1, 0.15) is 5.56 Å². The second-order valence-electron chi connectivity index (χ2n) is 7.65. The lowest BCUT2D eigenvalue weighted by Crippen LogP contribution is -2.37. The number of nitro groups is 1. The molecule has 0 saturated carbocycles. The lowest BCUT2D eigenvalue weighted by atomic mass is 10.1. The van der Waals surface area contributed by atoms with E-state index in [9.17, 15) is 19.7 Å². The first-order chi connectivity index (χ1) is 15.3. The fourth-order valence-corrected chi connectivity index (χ4v) is 3.90. The molecule has 0 radical (unpaired) electrons. The number of rotatable bonds is 3. The molecule has 0 N–H and O–H groups in total. The number of benzene rings is 2. The van der Waals surface area contributed by atoms with Crippen LogP contribution in [0.5, 0.6) is 0 Å². The first-order valence-electron chi connectivity index (χ1n) is 9.79. The maximum atomic E-state index is 12.9. The molecular formula is C22H18N6O4. The van der Waals surface area contributed by atoms with Crippen LogP contribution in [0, 0.1) is 17.0 Å². The molecule has 5 aromatic rings. The van der Waals surface area contributed by atoms with Gasteiger partial charge < -0.3 is 0 Å². The predicted molar refractivity (Wildman–Crippen MR) is 119 cm³/mol. The van der Waals surface area contributed by atoms with Gasteiger partial charge in [0, 0.05) is 43.7 Å². The topological polar surface area (TPSA) is 109 Å². The first kappa shape index (κ1) is 19.5. The monoisotopic (exact) mass is 430 g/mol. The lowest BCUT2D eigenvalue weighted by molar-refractivity contribution is -0.384. The number of hydrogen-bond acceptors (Lipinski definition) is 5. The Hall–Kier alpha value is -4.47. The van der Waals surface area contributed by atoms with E-state index in [4.69, 9.17) is 0 Å². The second kappa shape index (κ2) is 6.77. The minimum Gasteiger partial charge on any atom is -0.279 e. The highest BCUT2D eigenvalue weighted by molar-refractivity contribution is 5.79. The van der Waals surface area contributed by atoms with Crippen LogP contribution in [-0.4, -0.2) is 28.0 Å². The van der Waals surface area contributed by atoms with Gasteiger partial charge in [-0.2, -0.15) is 4.98 Å². The molecule has 0 aliphatic rings. The van der Waals surface area contributed by atoms with E-state index in [0.29, 0.717) is 17.0 Å². The number of hydrogen-bond donors (Lipinski definition) is 0. The van der Waals surface area contributed by atoms with Gasteiger partial charge in [-0.15, -0.1) is 0 Å². The normalized spacial score (nSPS) is 11.5. The highest BCUT2D eigenvalue weighted by Gasteiger charge is 2.22. The van der Waals surface area contributed by atoms with Gasteiger partial charge in [0.2, 0.25) is 5.78 Å². The third-order valence-electron chi connectivity index (χ3n) is 5.61. The molecule has 0 spiro atoms. The number of fused-ring (bicyclic) bond motifs is 3. The minimum atomic E-state index is -0.470. The van der Waals surface area contributed by atoms with Gasteiger partial charge in [-0.3, -0.25) is 33.0 Å². The Kier molecular flexibility index (Phi) is 4.12. The highest BCUT2D eigenvalue weighted by Crippen LogP contribution is 2.30. The van der Waals surface area contributed by atoms with E-state index in [0.717, 1.165) is 15.8 Å². The maximum absolute atomic E-state index is 12.9. The van der Waals surface area contributed by atoms with Gasteiger partial charge in [0.1, 0.15) is 0 Å². The molecule has 0 unspecified atom stereocenters. The standard InChI is InChI=1S/C22H18N6O4/c1-13-7-9-15(10-8-13)27-17(14-5-4-6-16(11-14)28(31)32)12-26-18-19(23-21(26)27)24(2)22(30)25(3)20(18)29/h4-12H,1-3H3. The molecule has 160 valence electrons. The summed E-state index contributed by atoms with van der Waals surface area (Å²) in [6.07, 6.45) is 1.72. The van der Waals surface area contributed by atoms with Crippen molar-refractivity contribution >= 4 is 22.6 Å². The van der Waals surface area contributed by atoms with E-state index in [1.165, 1.54) is 23.7 Å². The molecule has 10 heteroatoms. The molecule has 0 bridgehead atoms. The van der Waals surface area contributed by atoms with Gasteiger partial charge in [-0.25, -0.2) is 4.79 Å². The average molecular weight is 430 g/mol. The average Bonchev–Trinajstić information content (AvgIpc) is 3.33. The van der Waals surface area contributed by atoms with E-state index >= 15 is 0 Å². The number of non-ortho nitro benzene ring substituents is 1. The van der Waals surface area contributed by atoms with Gasteiger partial charge in [-0.1, -0.05) is 29.8 Å². The molecule has 3 aromatic heterocycles. The van der Waals surface area contributed by atoms with Crippen molar-refractivity contribution < 1.29 is 4.92 Å². The van der Waals surface area contributed by atoms with E-state index in [2.05, 4.69) is 4.98 Å². The van der Waals surface area contributed by atoms with Crippen molar-refractivity contribution in [2.24, 2.45) is 14.1 Å². The SMILES string of the molecule is Cc1ccc(-n2c(-c3cccc([N+](=O)[O-])c3)cn3c4c(=O)n(C)c(=O)n(C)c4nc23)cc1. The van der Waals surface area contributed by atoms with Crippen molar-refractivity contribution in [1.29, 1.82) is 0 Å². The largest absolute Gasteiger partial charge is 0.332 e. The summed E-state index contributed by atoms with van der Waals surface area (Å²) in [7, 11) is 2.98. The number of nitrogens with zero attached hydrogens (tertiary/aromatic N) is 6. The number of nitro benzene ring substituents is 1. The molecule has 0 saturated heterocycles. The van der Waals surface area contributed by atoms with Crippen LogP contribution in [0.25, 0.3) is 33.9 Å². The smallest absolute Gasteiger partial charge is 0.279 e. The summed E-state index contributed by atoms with van der Waals surface area (Å²) in [5.41, 5.74) is 2.59. The van der Waals surface area contributed by atoms with Crippen molar-refractivity contribution in [2.75, 3.05) is 0 Å². The summed E-state index contributed by atoms with van der Waals surface area (Å²) in [5, 5.41) is 11.3. The zero-order valence-electron chi connectivity index (χ0n) is 17.5. The van der Waals surface area contributed by atoms with Crippen LogP contribution in [0.3, 0.4) is 0 Å². The molecule has 0 amide bonds. The zero-order chi connectivity index (χ0) is 22.7. The van der Waals surface area contributed by atoms with Crippen LogP contribution < -0.4 is 11.2 Å². The van der Waals surface area contributed by atoms with Crippen molar-refractivity contribution in [3.05, 3.63) is 91.2 Å². The fourth-order valence-electron chi connectivity index (χ4n) is 3.90. The maximum Gasteiger partial charge on any atom is 0.332 e. The summed E-state index contributed by atoms with van der Waals surface area (Å²) in [6.45, 7) is 1.97. The van der Waals surface area contributed by atoms with Crippen LogP contribution in [0.2, 0.25) is 0 Å². The lowest BCUT2D eigenvalue weighted by Gasteiger charge is -2.09. The van der Waals surface area contributed by atoms with Crippen LogP contribution >= 0.6 is 0 Å². The number of aryl methyl sites for hydroxylation is 2. The molecule has 0 aliphatic heterocycles. The minimum absolute atomic E-state index is 0.0417. The van der Waals surface area contributed by atoms with Crippen LogP contribution in [0.4, 0.5) is 5.69 Å². The number of imidazole rings is 2. The molecule has 0 fully saturated rings. The fraction of sp³-hybridized carbons (Fsp3) is 0.136. The molecule has 2 aromatic carbocycles. The molecule has 0 aliphatic carbocycles. The van der Waals surface area contributed by atoms with Crippen LogP contribution in [-0.2, 0) is 14.1 Å². The zero-order valence-corrected chi connectivity index (χ0v) is 17.5. The Morgan fingerprint density at radius 3 is 2.41 bits per heavy atom. The summed E-state index contributed by atoms with van der Waals surface area (Å²) in [6, 6.07) is 14.0. The summed E-state index contributed by atoms with van der Waals surface area (Å²) < 4.78 is 5.82. The van der Waals surface area contributed by atoms with E-state index in [-0.39, 0.29) is 16.9 Å². The molecule has 10 nitrogen and oxygen atoms in total. The van der Waals surface area contributed by atoms with Gasteiger partial charge in [0.25, 0.3) is 11.2 Å². The Morgan fingerprint density at radius 1 is 1.00 bits per heavy atom. The Balaban J connectivity index is 1.94. The Bertz CT molecular complexity index is 1670. The Morgan fingerprint density at radius 2 is 1.72 bits per heavy atom. The Labute approximate surface area is 180 Å². The molecule has 5 rings (SSSR count). The van der Waals surface area contributed by atoms with Crippen molar-refractivity contribution in [3.63, 3.8) is 0 Å². The molecule has 32 heavy (non-hydrogen) atoms. The van der Waals surface area contributed by atoms with Gasteiger partial charge in [0.15, 0.2) is 11.2 Å². The summed E-state index contributed by atoms with van der Waals surface area (Å²) in [5.74, 6) is 0.420.